The van der Waals surface area contributed by atoms with Crippen molar-refractivity contribution in [3.8, 4) is 28.7 Å². The van der Waals surface area contributed by atoms with E-state index >= 15 is 0 Å². The monoisotopic (exact) mass is 604 g/mol. The number of fused-ring (bicyclic) bond motifs is 2. The van der Waals surface area contributed by atoms with Gasteiger partial charge < -0.3 is 9.47 Å². The van der Waals surface area contributed by atoms with Crippen LogP contribution >= 0.6 is 0 Å². The molecule has 0 fully saturated rings. The minimum Gasteiger partial charge on any atom is -0.488 e. The Morgan fingerprint density at radius 3 is 2.15 bits per heavy atom. The lowest BCUT2D eigenvalue weighted by Crippen LogP contribution is -2.30. The fraction of sp³-hybridized carbons (Fsp3) is 0.175. The van der Waals surface area contributed by atoms with Gasteiger partial charge in [0.2, 0.25) is 0 Å². The van der Waals surface area contributed by atoms with Crippen molar-refractivity contribution in [3.05, 3.63) is 153 Å². The fourth-order valence-corrected chi connectivity index (χ4v) is 6.58. The third-order valence-corrected chi connectivity index (χ3v) is 9.00. The van der Waals surface area contributed by atoms with Crippen molar-refractivity contribution < 1.29 is 19.1 Å². The van der Waals surface area contributed by atoms with Crippen molar-refractivity contribution in [3.63, 3.8) is 0 Å². The molecule has 2 aliphatic rings. The van der Waals surface area contributed by atoms with Crippen LogP contribution in [0.4, 0.5) is 0 Å². The number of carbonyl (C=O) groups is 2. The van der Waals surface area contributed by atoms with Gasteiger partial charge in [0.25, 0.3) is 11.8 Å². The van der Waals surface area contributed by atoms with Crippen molar-refractivity contribution in [1.29, 1.82) is 5.26 Å². The summed E-state index contributed by atoms with van der Waals surface area (Å²) >= 11 is 0. The summed E-state index contributed by atoms with van der Waals surface area (Å²) in [6.45, 7) is 2.85. The second kappa shape index (κ2) is 12.4. The van der Waals surface area contributed by atoms with Gasteiger partial charge in [0.1, 0.15) is 24.7 Å². The molecule has 6 nitrogen and oxygen atoms in total. The zero-order chi connectivity index (χ0) is 31.6. The molecule has 6 heteroatoms. The molecule has 1 heterocycles. The van der Waals surface area contributed by atoms with Crippen molar-refractivity contribution in [2.24, 2.45) is 0 Å². The van der Waals surface area contributed by atoms with E-state index in [2.05, 4.69) is 43.3 Å². The minimum atomic E-state index is -0.297. The number of hydrogen-bond donors (Lipinski definition) is 0. The molecule has 0 N–H and O–H groups in total. The van der Waals surface area contributed by atoms with Crippen LogP contribution in [0.5, 0.6) is 11.5 Å². The lowest BCUT2D eigenvalue weighted by Gasteiger charge is -2.23. The van der Waals surface area contributed by atoms with Gasteiger partial charge in [-0.05, 0) is 89.4 Å². The molecule has 0 radical (unpaired) electrons. The number of amides is 2. The molecule has 0 bridgehead atoms. The Labute approximate surface area is 268 Å². The number of hydrogen-bond acceptors (Lipinski definition) is 5. The van der Waals surface area contributed by atoms with Crippen molar-refractivity contribution in [2.75, 3.05) is 0 Å². The van der Waals surface area contributed by atoms with Crippen LogP contribution in [-0.4, -0.2) is 16.7 Å². The van der Waals surface area contributed by atoms with E-state index in [9.17, 15) is 14.9 Å². The predicted molar refractivity (Wildman–Crippen MR) is 176 cm³/mol. The van der Waals surface area contributed by atoms with E-state index in [1.54, 1.807) is 36.4 Å². The van der Waals surface area contributed by atoms with Crippen LogP contribution in [0.1, 0.15) is 66.1 Å². The second-order valence-corrected chi connectivity index (χ2v) is 11.7. The largest absolute Gasteiger partial charge is 0.488 e. The molecule has 7 rings (SSSR count). The van der Waals surface area contributed by atoms with Gasteiger partial charge in [-0.3, -0.25) is 14.5 Å². The van der Waals surface area contributed by atoms with Gasteiger partial charge in [-0.25, -0.2) is 0 Å². The molecule has 226 valence electrons. The fourth-order valence-electron chi connectivity index (χ4n) is 6.58. The van der Waals surface area contributed by atoms with Gasteiger partial charge >= 0.3 is 0 Å². The lowest BCUT2D eigenvalue weighted by atomic mass is 9.97. The molecule has 0 aromatic heterocycles. The Kier molecular flexibility index (Phi) is 7.82. The first kappa shape index (κ1) is 29.1. The highest BCUT2D eigenvalue weighted by Gasteiger charge is 2.37. The lowest BCUT2D eigenvalue weighted by molar-refractivity contribution is 0.0640. The quantitative estimate of drug-likeness (QED) is 0.159. The number of nitriles is 1. The smallest absolute Gasteiger partial charge is 0.261 e. The second-order valence-electron chi connectivity index (χ2n) is 11.7. The molecule has 1 aliphatic carbocycles. The number of carbonyl (C=O) groups excluding carboxylic acids is 2. The van der Waals surface area contributed by atoms with E-state index < -0.39 is 0 Å². The topological polar surface area (TPSA) is 79.6 Å². The molecule has 1 aliphatic heterocycles. The van der Waals surface area contributed by atoms with Gasteiger partial charge in [-0.1, -0.05) is 72.8 Å². The van der Waals surface area contributed by atoms with Gasteiger partial charge in [0.05, 0.1) is 29.3 Å². The maximum Gasteiger partial charge on any atom is 0.261 e. The Morgan fingerprint density at radius 2 is 1.39 bits per heavy atom. The normalized spacial score (nSPS) is 13.3. The van der Waals surface area contributed by atoms with Crippen LogP contribution in [-0.2, 0) is 32.6 Å². The first-order valence-corrected chi connectivity index (χ1v) is 15.5. The summed E-state index contributed by atoms with van der Waals surface area (Å²) in [4.78, 5) is 28.1. The highest BCUT2D eigenvalue weighted by molar-refractivity contribution is 6.21. The summed E-state index contributed by atoms with van der Waals surface area (Å²) in [5, 5.41) is 9.39. The third-order valence-electron chi connectivity index (χ3n) is 9.00. The summed E-state index contributed by atoms with van der Waals surface area (Å²) in [6, 6.07) is 35.0. The number of imide groups is 1. The molecule has 5 aromatic rings. The Balaban J connectivity index is 1.23. The van der Waals surface area contributed by atoms with Crippen molar-refractivity contribution >= 4 is 11.8 Å². The summed E-state index contributed by atoms with van der Waals surface area (Å²) in [5.74, 6) is 0.733. The summed E-state index contributed by atoms with van der Waals surface area (Å²) in [5.41, 5.74) is 9.85. The van der Waals surface area contributed by atoms with Gasteiger partial charge in [0, 0.05) is 11.6 Å². The Morgan fingerprint density at radius 1 is 0.717 bits per heavy atom. The third kappa shape index (κ3) is 5.41. The molecule has 0 unspecified atom stereocenters. The minimum absolute atomic E-state index is 0.112. The number of rotatable bonds is 9. The van der Waals surface area contributed by atoms with E-state index in [1.165, 1.54) is 16.0 Å². The highest BCUT2D eigenvalue weighted by Crippen LogP contribution is 2.41. The Bertz CT molecular complexity index is 1990. The summed E-state index contributed by atoms with van der Waals surface area (Å²) < 4.78 is 13.0. The maximum atomic E-state index is 13.4. The van der Waals surface area contributed by atoms with Crippen molar-refractivity contribution in [1.82, 2.24) is 4.90 Å². The molecule has 46 heavy (non-hydrogen) atoms. The van der Waals surface area contributed by atoms with Crippen LogP contribution in [0, 0.1) is 18.3 Å². The summed E-state index contributed by atoms with van der Waals surface area (Å²) in [6.07, 6.45) is 2.58. The number of ether oxygens (including phenoxy) is 2. The predicted octanol–water partition coefficient (Wildman–Crippen LogP) is 7.98. The maximum absolute atomic E-state index is 13.4. The van der Waals surface area contributed by atoms with Gasteiger partial charge in [-0.2, -0.15) is 5.26 Å². The average Bonchev–Trinajstić information content (AvgIpc) is 3.68. The molecular weight excluding hydrogens is 572 g/mol. The summed E-state index contributed by atoms with van der Waals surface area (Å²) in [7, 11) is 0. The van der Waals surface area contributed by atoms with E-state index in [-0.39, 0.29) is 25.0 Å². The average molecular weight is 605 g/mol. The zero-order valence-corrected chi connectivity index (χ0v) is 25.6. The highest BCUT2D eigenvalue weighted by atomic mass is 16.5. The molecule has 0 saturated heterocycles. The van der Waals surface area contributed by atoms with E-state index in [0.29, 0.717) is 29.0 Å². The molecule has 0 atom stereocenters. The number of nitrogens with zero attached hydrogens (tertiary/aromatic N) is 2. The molecular formula is C40H32N2O4. The molecule has 2 amide bonds. The van der Waals surface area contributed by atoms with Crippen LogP contribution in [0.15, 0.2) is 103 Å². The van der Waals surface area contributed by atoms with Crippen molar-refractivity contribution in [2.45, 2.75) is 45.9 Å². The molecule has 5 aromatic carbocycles. The standard InChI is InChI=1S/C40H32N2O4/c1-26-30(14-8-17-31(26)29-12-3-2-4-13-29)25-46-37-21-38(45-24-28-11-7-10-27(20-28)22-41)36(32-18-9-19-33(32)37)23-42-39(43)34-15-5-6-16-35(34)40(42)44/h2-8,10-17,20-21H,9,18-19,23-25H2,1H3. The van der Waals surface area contributed by atoms with Gasteiger partial charge in [0.15, 0.2) is 0 Å². The van der Waals surface area contributed by atoms with Gasteiger partial charge in [-0.15, -0.1) is 0 Å². The van der Waals surface area contributed by atoms with Crippen LogP contribution in [0.25, 0.3) is 11.1 Å². The van der Waals surface area contributed by atoms with E-state index in [0.717, 1.165) is 58.4 Å². The Hall–Kier alpha value is -5.67. The van der Waals surface area contributed by atoms with E-state index in [4.69, 9.17) is 9.47 Å². The number of benzene rings is 5. The van der Waals surface area contributed by atoms with Crippen LogP contribution in [0.3, 0.4) is 0 Å². The first-order valence-electron chi connectivity index (χ1n) is 15.5. The van der Waals surface area contributed by atoms with Crippen LogP contribution < -0.4 is 9.47 Å². The van der Waals surface area contributed by atoms with Crippen LogP contribution in [0.2, 0.25) is 0 Å². The SMILES string of the molecule is Cc1c(COc2cc(OCc3cccc(C#N)c3)c(CN3C(=O)c4ccccc4C3=O)c3c2CCC3)cccc1-c1ccccc1. The van der Waals surface area contributed by atoms with E-state index in [1.807, 2.05) is 36.4 Å². The molecule has 0 saturated carbocycles. The first-order chi connectivity index (χ1) is 22.5. The zero-order valence-electron chi connectivity index (χ0n) is 25.6. The molecule has 0 spiro atoms.